The van der Waals surface area contributed by atoms with Gasteiger partial charge in [-0.1, -0.05) is 164 Å². The van der Waals surface area contributed by atoms with Crippen LogP contribution in [-0.2, 0) is 28.6 Å². The van der Waals surface area contributed by atoms with Crippen molar-refractivity contribution >= 4 is 17.9 Å². The molecule has 0 saturated carbocycles. The van der Waals surface area contributed by atoms with Crippen LogP contribution >= 0.6 is 0 Å². The molecule has 1 atom stereocenters. The third-order valence-electron chi connectivity index (χ3n) is 8.99. The van der Waals surface area contributed by atoms with Crippen molar-refractivity contribution in [3.63, 3.8) is 0 Å². The van der Waals surface area contributed by atoms with Gasteiger partial charge in [0.05, 0.1) is 0 Å². The molecule has 0 rings (SSSR count). The lowest BCUT2D eigenvalue weighted by Gasteiger charge is -2.18. The molecule has 0 fully saturated rings. The molecule has 308 valence electrons. The van der Waals surface area contributed by atoms with E-state index in [1.54, 1.807) is 0 Å². The van der Waals surface area contributed by atoms with Crippen LogP contribution in [0.2, 0.25) is 0 Å². The summed E-state index contributed by atoms with van der Waals surface area (Å²) in [6.45, 7) is 6.29. The summed E-state index contributed by atoms with van der Waals surface area (Å²) in [4.78, 5) is 37.6. The Morgan fingerprint density at radius 2 is 0.833 bits per heavy atom. The van der Waals surface area contributed by atoms with Gasteiger partial charge in [0.1, 0.15) is 13.2 Å². The van der Waals surface area contributed by atoms with Crippen molar-refractivity contribution in [1.82, 2.24) is 0 Å². The second-order valence-corrected chi connectivity index (χ2v) is 14.2. The maximum absolute atomic E-state index is 12.7. The van der Waals surface area contributed by atoms with Crippen molar-refractivity contribution in [2.45, 2.75) is 200 Å². The first-order valence-electron chi connectivity index (χ1n) is 22.0. The number of hydrogen-bond donors (Lipinski definition) is 0. The highest BCUT2D eigenvalue weighted by Gasteiger charge is 2.19. The second kappa shape index (κ2) is 42.6. The van der Waals surface area contributed by atoms with Crippen molar-refractivity contribution in [1.29, 1.82) is 0 Å². The van der Waals surface area contributed by atoms with E-state index in [9.17, 15) is 14.4 Å². The predicted molar refractivity (Wildman–Crippen MR) is 228 cm³/mol. The molecule has 0 spiro atoms. The Hall–Kier alpha value is -3.15. The first-order chi connectivity index (χ1) is 26.5. The van der Waals surface area contributed by atoms with Crippen LogP contribution in [0.1, 0.15) is 194 Å². The van der Waals surface area contributed by atoms with E-state index in [4.69, 9.17) is 14.2 Å². The minimum atomic E-state index is -0.797. The Morgan fingerprint density at radius 3 is 1.41 bits per heavy atom. The van der Waals surface area contributed by atoms with Crippen molar-refractivity contribution in [2.75, 3.05) is 13.2 Å². The topological polar surface area (TPSA) is 78.9 Å². The lowest BCUT2D eigenvalue weighted by Crippen LogP contribution is -2.30. The Morgan fingerprint density at radius 1 is 0.407 bits per heavy atom. The van der Waals surface area contributed by atoms with E-state index in [1.165, 1.54) is 51.4 Å². The molecular weight excluding hydrogens is 673 g/mol. The van der Waals surface area contributed by atoms with Crippen LogP contribution < -0.4 is 0 Å². The Bertz CT molecular complexity index is 1050. The molecule has 6 nitrogen and oxygen atoms in total. The summed E-state index contributed by atoms with van der Waals surface area (Å²) in [5.41, 5.74) is 0. The molecule has 0 saturated heterocycles. The van der Waals surface area contributed by atoms with Gasteiger partial charge in [0.25, 0.3) is 0 Å². The fraction of sp³-hybridized carbons (Fsp3) is 0.688. The van der Waals surface area contributed by atoms with Gasteiger partial charge in [0, 0.05) is 19.3 Å². The monoisotopic (exact) mass is 753 g/mol. The molecular formula is C48H80O6. The SMILES string of the molecule is CC\C=C/C=C\C=C/CCCCCCCC(=O)OC(COC(=O)CCC/C=C\CCCCCC)COC(=O)CCCCCCCCC/C=C\C/C=C\CC. The van der Waals surface area contributed by atoms with E-state index in [-0.39, 0.29) is 31.1 Å². The average molecular weight is 753 g/mol. The van der Waals surface area contributed by atoms with Gasteiger partial charge in [-0.25, -0.2) is 0 Å². The largest absolute Gasteiger partial charge is 0.462 e. The number of allylic oxidation sites excluding steroid dienone is 12. The quantitative estimate of drug-likeness (QED) is 0.0205. The molecule has 0 aromatic heterocycles. The van der Waals surface area contributed by atoms with Crippen molar-refractivity contribution < 1.29 is 28.6 Å². The zero-order valence-electron chi connectivity index (χ0n) is 35.0. The molecule has 0 heterocycles. The van der Waals surface area contributed by atoms with Crippen LogP contribution in [-0.4, -0.2) is 37.2 Å². The summed E-state index contributed by atoms with van der Waals surface area (Å²) in [6, 6.07) is 0. The first-order valence-corrected chi connectivity index (χ1v) is 22.0. The summed E-state index contributed by atoms with van der Waals surface area (Å²) in [5.74, 6) is -0.971. The smallest absolute Gasteiger partial charge is 0.306 e. The third kappa shape index (κ3) is 40.0. The fourth-order valence-electron chi connectivity index (χ4n) is 5.72. The van der Waals surface area contributed by atoms with E-state index < -0.39 is 6.10 Å². The van der Waals surface area contributed by atoms with E-state index in [0.717, 1.165) is 96.3 Å². The van der Waals surface area contributed by atoms with Crippen molar-refractivity contribution in [2.24, 2.45) is 0 Å². The standard InChI is InChI=1S/C48H80O6/c1-4-7-10-13-16-19-21-23-25-26-29-32-35-38-41-47(50)53-44-45(43-52-46(49)40-37-34-31-28-18-15-12-9-6-3)54-48(51)42-39-36-33-30-27-24-22-20-17-14-11-8-5-2/h7-8,10-11,14,16-17,19-20,22,28,31,45H,4-6,9,12-13,15,18,21,23-27,29-30,32-44H2,1-3H3/b10-7-,11-8-,17-14-,19-16-,22-20-,31-28-. The zero-order chi connectivity index (χ0) is 39.4. The average Bonchev–Trinajstić information content (AvgIpc) is 3.17. The Balaban J connectivity index is 4.44. The van der Waals surface area contributed by atoms with E-state index in [2.05, 4.69) is 87.6 Å². The van der Waals surface area contributed by atoms with Crippen molar-refractivity contribution in [3.05, 3.63) is 72.9 Å². The minimum absolute atomic E-state index is 0.0977. The molecule has 0 radical (unpaired) electrons. The van der Waals surface area contributed by atoms with Gasteiger partial charge < -0.3 is 14.2 Å². The number of carbonyl (C=O) groups is 3. The molecule has 6 heteroatoms. The lowest BCUT2D eigenvalue weighted by molar-refractivity contribution is -0.167. The molecule has 0 aliphatic carbocycles. The Labute approximate surface area is 332 Å². The highest BCUT2D eigenvalue weighted by Crippen LogP contribution is 2.13. The van der Waals surface area contributed by atoms with E-state index >= 15 is 0 Å². The fourth-order valence-corrected chi connectivity index (χ4v) is 5.72. The Kier molecular flexibility index (Phi) is 40.1. The summed E-state index contributed by atoms with van der Waals surface area (Å²) in [5, 5.41) is 0. The first kappa shape index (κ1) is 50.9. The van der Waals surface area contributed by atoms with Crippen LogP contribution in [0.3, 0.4) is 0 Å². The number of esters is 3. The van der Waals surface area contributed by atoms with Gasteiger partial charge in [-0.15, -0.1) is 0 Å². The normalized spacial score (nSPS) is 12.7. The molecule has 0 aromatic rings. The minimum Gasteiger partial charge on any atom is -0.462 e. The van der Waals surface area contributed by atoms with Crippen LogP contribution in [0.5, 0.6) is 0 Å². The number of carbonyl (C=O) groups excluding carboxylic acids is 3. The molecule has 0 bridgehead atoms. The van der Waals surface area contributed by atoms with E-state index in [1.807, 2.05) is 6.08 Å². The van der Waals surface area contributed by atoms with Gasteiger partial charge in [-0.05, 0) is 83.5 Å². The third-order valence-corrected chi connectivity index (χ3v) is 8.99. The molecule has 0 aliphatic heterocycles. The van der Waals surface area contributed by atoms with Crippen LogP contribution in [0.4, 0.5) is 0 Å². The number of rotatable bonds is 38. The number of unbranched alkanes of at least 4 members (excludes halogenated alkanes) is 17. The molecule has 0 aliphatic rings. The number of hydrogen-bond acceptors (Lipinski definition) is 6. The van der Waals surface area contributed by atoms with Crippen LogP contribution in [0.15, 0.2) is 72.9 Å². The van der Waals surface area contributed by atoms with Crippen LogP contribution in [0.25, 0.3) is 0 Å². The molecule has 0 amide bonds. The molecule has 54 heavy (non-hydrogen) atoms. The summed E-state index contributed by atoms with van der Waals surface area (Å²) < 4.78 is 16.6. The van der Waals surface area contributed by atoms with Gasteiger partial charge in [0.15, 0.2) is 6.10 Å². The number of ether oxygens (including phenoxy) is 3. The molecule has 1 unspecified atom stereocenters. The van der Waals surface area contributed by atoms with Crippen molar-refractivity contribution in [3.8, 4) is 0 Å². The van der Waals surface area contributed by atoms with E-state index in [0.29, 0.717) is 25.7 Å². The van der Waals surface area contributed by atoms with Gasteiger partial charge >= 0.3 is 17.9 Å². The van der Waals surface area contributed by atoms with Gasteiger partial charge in [-0.2, -0.15) is 0 Å². The highest BCUT2D eigenvalue weighted by molar-refractivity contribution is 5.71. The summed E-state index contributed by atoms with van der Waals surface area (Å²) >= 11 is 0. The van der Waals surface area contributed by atoms with Gasteiger partial charge in [0.2, 0.25) is 0 Å². The molecule has 0 N–H and O–H groups in total. The van der Waals surface area contributed by atoms with Gasteiger partial charge in [-0.3, -0.25) is 14.4 Å². The summed E-state index contributed by atoms with van der Waals surface area (Å²) in [6.07, 6.45) is 51.8. The highest BCUT2D eigenvalue weighted by atomic mass is 16.6. The maximum Gasteiger partial charge on any atom is 0.306 e. The summed E-state index contributed by atoms with van der Waals surface area (Å²) in [7, 11) is 0. The van der Waals surface area contributed by atoms with Crippen LogP contribution in [0, 0.1) is 0 Å². The predicted octanol–water partition coefficient (Wildman–Crippen LogP) is 13.9. The molecule has 0 aromatic carbocycles. The zero-order valence-corrected chi connectivity index (χ0v) is 35.0. The second-order valence-electron chi connectivity index (χ2n) is 14.2. The maximum atomic E-state index is 12.7. The lowest BCUT2D eigenvalue weighted by atomic mass is 10.1.